The number of rotatable bonds is 9. The number of aromatic hydroxyl groups is 1. The van der Waals surface area contributed by atoms with E-state index >= 15 is 0 Å². The molecule has 3 rings (SSSR count). The maximum atomic E-state index is 12.0. The van der Waals surface area contributed by atoms with Crippen LogP contribution in [0.2, 0.25) is 0 Å². The molecule has 2 heterocycles. The Kier molecular flexibility index (Phi) is 8.66. The van der Waals surface area contributed by atoms with Gasteiger partial charge in [0.05, 0.1) is 41.4 Å². The van der Waals surface area contributed by atoms with Crippen LogP contribution in [0.3, 0.4) is 0 Å². The monoisotopic (exact) mass is 558 g/mol. The van der Waals surface area contributed by atoms with Gasteiger partial charge in [-0.05, 0) is 32.3 Å². The zero-order chi connectivity index (χ0) is 23.3. The minimum absolute atomic E-state index is 0.0439. The second kappa shape index (κ2) is 11.2. The Labute approximate surface area is 201 Å². The average molecular weight is 558 g/mol. The smallest absolute Gasteiger partial charge is 0.381 e. The fourth-order valence-electron chi connectivity index (χ4n) is 3.93. The Bertz CT molecular complexity index is 935. The van der Waals surface area contributed by atoms with Crippen molar-refractivity contribution in [2.45, 2.75) is 39.7 Å². The molecule has 174 valence electrons. The normalized spacial score (nSPS) is 16.6. The summed E-state index contributed by atoms with van der Waals surface area (Å²) in [5.41, 5.74) is 3.45. The summed E-state index contributed by atoms with van der Waals surface area (Å²) >= 11 is 1.80. The molecule has 32 heavy (non-hydrogen) atoms. The number of nitrogens with zero attached hydrogens (tertiary/aromatic N) is 1. The van der Waals surface area contributed by atoms with Crippen LogP contribution in [0.4, 0.5) is 0 Å². The highest BCUT2D eigenvalue weighted by Gasteiger charge is 2.34. The van der Waals surface area contributed by atoms with Crippen LogP contribution < -0.4 is 0 Å². The van der Waals surface area contributed by atoms with Crippen molar-refractivity contribution in [3.05, 3.63) is 39.5 Å². The van der Waals surface area contributed by atoms with E-state index in [1.807, 2.05) is 13.0 Å². The molecule has 0 aromatic heterocycles. The van der Waals surface area contributed by atoms with Gasteiger partial charge in [0.15, 0.2) is 0 Å². The predicted octanol–water partition coefficient (Wildman–Crippen LogP) is 2.80. The van der Waals surface area contributed by atoms with Crippen LogP contribution in [0.15, 0.2) is 11.6 Å². The third kappa shape index (κ3) is 5.87. The second-order valence-corrected chi connectivity index (χ2v) is 9.00. The van der Waals surface area contributed by atoms with E-state index in [0.717, 1.165) is 24.2 Å². The molecule has 1 aromatic rings. The molecule has 9 heteroatoms. The van der Waals surface area contributed by atoms with E-state index in [9.17, 15) is 19.5 Å². The highest BCUT2D eigenvalue weighted by molar-refractivity contribution is 14.1. The number of morpholine rings is 1. The standard InChI is InChI=1S/C23H28INO7/c1-14(4-6-18(26)31-12-9-25-7-10-30-11-8-25)3-5-16-19(22(24)28)15(2)17-13-32-23(29)20(17)21(16)27/h3,27H,4-13H2,1-2H3/p+1/b14-3+. The van der Waals surface area contributed by atoms with Gasteiger partial charge in [0.2, 0.25) is 0 Å². The minimum atomic E-state index is -0.554. The summed E-state index contributed by atoms with van der Waals surface area (Å²) in [5.74, 6) is -0.955. The number of hydrogen-bond donors (Lipinski definition) is 1. The van der Waals surface area contributed by atoms with Gasteiger partial charge in [-0.15, -0.1) is 0 Å². The summed E-state index contributed by atoms with van der Waals surface area (Å²) < 4.78 is 15.7. The van der Waals surface area contributed by atoms with E-state index in [1.165, 1.54) is 0 Å². The number of halogens is 1. The summed E-state index contributed by atoms with van der Waals surface area (Å²) in [6.07, 6.45) is 3.00. The molecule has 0 spiro atoms. The number of allylic oxidation sites excluding steroid dienone is 2. The zero-order valence-corrected chi connectivity index (χ0v) is 20.6. The lowest BCUT2D eigenvalue weighted by Gasteiger charge is -2.26. The van der Waals surface area contributed by atoms with E-state index in [4.69, 9.17) is 14.2 Å². The van der Waals surface area contributed by atoms with Crippen molar-refractivity contribution in [2.24, 2.45) is 0 Å². The molecular formula is C23H29INO7+. The largest absolute Gasteiger partial charge is 0.507 e. The van der Waals surface area contributed by atoms with E-state index in [-0.39, 0.29) is 34.1 Å². The predicted molar refractivity (Wildman–Crippen MR) is 127 cm³/mol. The van der Waals surface area contributed by atoms with Crippen molar-refractivity contribution in [3.8, 4) is 5.75 Å². The topological polar surface area (TPSA) is 107 Å². The van der Waals surface area contributed by atoms with Crippen LogP contribution in [0.5, 0.6) is 5.75 Å². The van der Waals surface area contributed by atoms with Crippen LogP contribution in [0.25, 0.3) is 0 Å². The lowest BCUT2D eigenvalue weighted by molar-refractivity contribution is -0.144. The highest BCUT2D eigenvalue weighted by atomic mass is 127. The number of fused-ring (bicyclic) bond motifs is 1. The Balaban J connectivity index is 1.58. The molecule has 1 aromatic carbocycles. The maximum Gasteiger partial charge on any atom is 0.381 e. The maximum absolute atomic E-state index is 12.0. The summed E-state index contributed by atoms with van der Waals surface area (Å²) in [6.45, 7) is 8.03. The molecule has 0 bridgehead atoms. The third-order valence-corrected chi connectivity index (χ3v) is 6.40. The summed E-state index contributed by atoms with van der Waals surface area (Å²) in [7, 11) is 0. The highest BCUT2D eigenvalue weighted by Crippen LogP contribution is 2.38. The van der Waals surface area contributed by atoms with Crippen LogP contribution in [-0.4, -0.2) is 70.0 Å². The zero-order valence-electron chi connectivity index (χ0n) is 18.4. The molecule has 0 unspecified atom stereocenters. The van der Waals surface area contributed by atoms with Crippen LogP contribution in [0, 0.1) is 6.92 Å². The number of cyclic esters (lactones) is 1. The van der Waals surface area contributed by atoms with E-state index in [1.54, 1.807) is 29.5 Å². The van der Waals surface area contributed by atoms with Crippen molar-refractivity contribution in [2.75, 3.05) is 39.5 Å². The summed E-state index contributed by atoms with van der Waals surface area (Å²) in [4.78, 5) is 36.5. The molecular weight excluding hydrogens is 529 g/mol. The van der Waals surface area contributed by atoms with Crippen LogP contribution in [0.1, 0.15) is 52.4 Å². The first kappa shape index (κ1) is 24.7. The van der Waals surface area contributed by atoms with Crippen molar-refractivity contribution >= 4 is 38.3 Å². The second-order valence-electron chi connectivity index (χ2n) is 7.98. The molecule has 2 aliphatic rings. The molecule has 1 fully saturated rings. The molecule has 2 aliphatic heterocycles. The summed E-state index contributed by atoms with van der Waals surface area (Å²) in [6, 6.07) is 0. The number of esters is 2. The first-order chi connectivity index (χ1) is 15.3. The van der Waals surface area contributed by atoms with Crippen molar-refractivity contribution in [3.63, 3.8) is 0 Å². The average Bonchev–Trinajstić information content (AvgIpc) is 3.16. The van der Waals surface area contributed by atoms with Gasteiger partial charge in [-0.1, -0.05) is 11.6 Å². The summed E-state index contributed by atoms with van der Waals surface area (Å²) in [5, 5.41) is 10.7. The quantitative estimate of drug-likeness (QED) is 0.163. The Morgan fingerprint density at radius 3 is 2.72 bits per heavy atom. The number of benzene rings is 1. The van der Waals surface area contributed by atoms with E-state index in [0.29, 0.717) is 55.9 Å². The lowest BCUT2D eigenvalue weighted by Crippen LogP contribution is -2.38. The van der Waals surface area contributed by atoms with Crippen molar-refractivity contribution < 1.29 is 33.7 Å². The Morgan fingerprint density at radius 1 is 1.31 bits per heavy atom. The number of phenols is 1. The first-order valence-electron chi connectivity index (χ1n) is 10.7. The van der Waals surface area contributed by atoms with Crippen LogP contribution >= 0.6 is 22.6 Å². The van der Waals surface area contributed by atoms with Gasteiger partial charge in [-0.3, -0.25) is 14.5 Å². The minimum Gasteiger partial charge on any atom is -0.507 e. The van der Waals surface area contributed by atoms with Crippen LogP contribution in [-0.2, 0) is 32.0 Å². The molecule has 2 N–H and O–H groups in total. The first-order valence-corrected chi connectivity index (χ1v) is 11.7. The number of ether oxygens (including phenoxy) is 3. The molecule has 0 aliphatic carbocycles. The number of carbonyl (C=O) groups excluding carboxylic acids is 3. The van der Waals surface area contributed by atoms with E-state index in [2.05, 4.69) is 4.90 Å². The fraction of sp³-hybridized carbons (Fsp3) is 0.522. The fourth-order valence-corrected chi connectivity index (χ4v) is 4.66. The molecule has 0 atom stereocenters. The van der Waals surface area contributed by atoms with E-state index < -0.39 is 5.97 Å². The Hall–Kier alpha value is -1.98. The van der Waals surface area contributed by atoms with Gasteiger partial charge in [-0.2, -0.15) is 0 Å². The van der Waals surface area contributed by atoms with Crippen molar-refractivity contribution in [1.82, 2.24) is 4.90 Å². The van der Waals surface area contributed by atoms with Gasteiger partial charge in [-0.25, -0.2) is 4.79 Å². The van der Waals surface area contributed by atoms with Gasteiger partial charge >= 0.3 is 15.7 Å². The Morgan fingerprint density at radius 2 is 2.03 bits per heavy atom. The van der Waals surface area contributed by atoms with Gasteiger partial charge in [0.1, 0.15) is 24.5 Å². The number of phenolic OH excluding ortho intramolecular Hbond substituents is 1. The van der Waals surface area contributed by atoms with Gasteiger partial charge in [0.25, 0.3) is 0 Å². The third-order valence-electron chi connectivity index (χ3n) is 5.86. The molecule has 0 saturated carbocycles. The molecule has 0 amide bonds. The SMILES string of the molecule is C/C(=C\Cc1c(O)c2c(c(C)c1C(=[OH+])I)COC2=O)CCC(=O)OCCN1CCOCC1. The van der Waals surface area contributed by atoms with Gasteiger partial charge in [0, 0.05) is 37.2 Å². The number of hydrogen-bond acceptors (Lipinski definition) is 7. The lowest BCUT2D eigenvalue weighted by atomic mass is 9.90. The molecule has 8 nitrogen and oxygen atoms in total. The molecule has 1 saturated heterocycles. The van der Waals surface area contributed by atoms with Gasteiger partial charge < -0.3 is 19.3 Å². The van der Waals surface area contributed by atoms with Crippen molar-refractivity contribution in [1.29, 1.82) is 0 Å². The molecule has 0 radical (unpaired) electrons. The number of carbonyl (C=O) groups is 2.